The number of aliphatic hydroxyl groups is 1. The van der Waals surface area contributed by atoms with Crippen LogP contribution in [0, 0.1) is 6.92 Å². The van der Waals surface area contributed by atoms with Crippen molar-refractivity contribution in [1.29, 1.82) is 0 Å². The minimum atomic E-state index is -0.00568. The van der Waals surface area contributed by atoms with E-state index >= 15 is 0 Å². The summed E-state index contributed by atoms with van der Waals surface area (Å²) in [4.78, 5) is 4.33. The molecule has 0 amide bonds. The van der Waals surface area contributed by atoms with Crippen LogP contribution in [0.4, 0.5) is 0 Å². The molecule has 3 heteroatoms. The minimum Gasteiger partial charge on any atom is -0.438 e. The number of para-hydroxylation sites is 1. The Morgan fingerprint density at radius 3 is 2.68 bits per heavy atom. The molecule has 1 heterocycles. The van der Waals surface area contributed by atoms with E-state index in [1.807, 2.05) is 56.3 Å². The number of benzene rings is 1. The Kier molecular flexibility index (Phi) is 4.31. The number of aliphatic hydroxyl groups excluding tert-OH is 1. The van der Waals surface area contributed by atoms with Crippen molar-refractivity contribution in [3.63, 3.8) is 0 Å². The molecule has 0 aliphatic rings. The second-order valence-electron chi connectivity index (χ2n) is 4.19. The van der Waals surface area contributed by atoms with Gasteiger partial charge in [-0.1, -0.05) is 30.4 Å². The van der Waals surface area contributed by atoms with Crippen molar-refractivity contribution in [2.24, 2.45) is 0 Å². The first-order valence-corrected chi connectivity index (χ1v) is 6.21. The lowest BCUT2D eigenvalue weighted by Crippen LogP contribution is -1.96. The van der Waals surface area contributed by atoms with Crippen LogP contribution in [0.3, 0.4) is 0 Å². The molecule has 0 fully saturated rings. The summed E-state index contributed by atoms with van der Waals surface area (Å²) in [6.45, 7) is 3.82. The SMILES string of the molecule is C/C=C/c1ccccc1Oc1ccc(CO)c(C)n1. The van der Waals surface area contributed by atoms with Crippen LogP contribution in [0.25, 0.3) is 6.08 Å². The maximum absolute atomic E-state index is 9.12. The van der Waals surface area contributed by atoms with Crippen LogP contribution in [-0.2, 0) is 6.61 Å². The van der Waals surface area contributed by atoms with Crippen LogP contribution in [0.15, 0.2) is 42.5 Å². The fraction of sp³-hybridized carbons (Fsp3) is 0.188. The quantitative estimate of drug-likeness (QED) is 0.905. The molecule has 0 atom stereocenters. The number of nitrogens with zero attached hydrogens (tertiary/aromatic N) is 1. The molecular weight excluding hydrogens is 238 g/mol. The van der Waals surface area contributed by atoms with Gasteiger partial charge in [-0.15, -0.1) is 0 Å². The lowest BCUT2D eigenvalue weighted by Gasteiger charge is -2.09. The minimum absolute atomic E-state index is 0.00568. The van der Waals surface area contributed by atoms with E-state index in [4.69, 9.17) is 9.84 Å². The Morgan fingerprint density at radius 1 is 1.21 bits per heavy atom. The summed E-state index contributed by atoms with van der Waals surface area (Å²) in [7, 11) is 0. The Morgan fingerprint density at radius 2 is 2.00 bits per heavy atom. The average Bonchev–Trinajstić information content (AvgIpc) is 2.41. The predicted molar refractivity (Wildman–Crippen MR) is 76.1 cm³/mol. The van der Waals surface area contributed by atoms with Crippen molar-refractivity contribution in [2.75, 3.05) is 0 Å². The van der Waals surface area contributed by atoms with Gasteiger partial charge in [0, 0.05) is 17.3 Å². The fourth-order valence-corrected chi connectivity index (χ4v) is 1.79. The van der Waals surface area contributed by atoms with E-state index in [-0.39, 0.29) is 6.61 Å². The van der Waals surface area contributed by atoms with Gasteiger partial charge in [0.1, 0.15) is 5.75 Å². The molecule has 1 aromatic heterocycles. The summed E-state index contributed by atoms with van der Waals surface area (Å²) in [5.74, 6) is 1.30. The largest absolute Gasteiger partial charge is 0.438 e. The summed E-state index contributed by atoms with van der Waals surface area (Å²) in [5, 5.41) is 9.12. The molecule has 0 spiro atoms. The summed E-state index contributed by atoms with van der Waals surface area (Å²) < 4.78 is 5.80. The van der Waals surface area contributed by atoms with Crippen LogP contribution in [0.2, 0.25) is 0 Å². The number of pyridine rings is 1. The number of ether oxygens (including phenoxy) is 1. The number of allylic oxidation sites excluding steroid dienone is 1. The number of hydrogen-bond donors (Lipinski definition) is 1. The summed E-state index contributed by atoms with van der Waals surface area (Å²) in [5.41, 5.74) is 2.60. The molecule has 1 aromatic carbocycles. The molecule has 0 saturated carbocycles. The van der Waals surface area contributed by atoms with Crippen LogP contribution >= 0.6 is 0 Å². The van der Waals surface area contributed by atoms with Gasteiger partial charge >= 0.3 is 0 Å². The molecule has 98 valence electrons. The highest BCUT2D eigenvalue weighted by molar-refractivity contribution is 5.57. The molecule has 0 bridgehead atoms. The van der Waals surface area contributed by atoms with Gasteiger partial charge in [-0.2, -0.15) is 0 Å². The number of hydrogen-bond acceptors (Lipinski definition) is 3. The molecule has 1 N–H and O–H groups in total. The summed E-state index contributed by atoms with van der Waals surface area (Å²) >= 11 is 0. The highest BCUT2D eigenvalue weighted by atomic mass is 16.5. The van der Waals surface area contributed by atoms with E-state index < -0.39 is 0 Å². The van der Waals surface area contributed by atoms with E-state index in [0.29, 0.717) is 5.88 Å². The normalized spacial score (nSPS) is 10.9. The van der Waals surface area contributed by atoms with Crippen LogP contribution < -0.4 is 4.74 Å². The smallest absolute Gasteiger partial charge is 0.219 e. The van der Waals surface area contributed by atoms with Gasteiger partial charge in [0.25, 0.3) is 0 Å². The van der Waals surface area contributed by atoms with Crippen molar-refractivity contribution in [3.05, 3.63) is 59.3 Å². The van der Waals surface area contributed by atoms with Crippen molar-refractivity contribution in [1.82, 2.24) is 4.98 Å². The van der Waals surface area contributed by atoms with Gasteiger partial charge < -0.3 is 9.84 Å². The molecule has 0 aliphatic heterocycles. The van der Waals surface area contributed by atoms with E-state index in [1.165, 1.54) is 0 Å². The first-order valence-electron chi connectivity index (χ1n) is 6.21. The summed E-state index contributed by atoms with van der Waals surface area (Å²) in [6.07, 6.45) is 3.96. The average molecular weight is 255 g/mol. The highest BCUT2D eigenvalue weighted by Gasteiger charge is 2.05. The zero-order valence-electron chi connectivity index (χ0n) is 11.1. The topological polar surface area (TPSA) is 42.4 Å². The maximum atomic E-state index is 9.12. The Hall–Kier alpha value is -2.13. The second-order valence-corrected chi connectivity index (χ2v) is 4.19. The molecule has 2 aromatic rings. The van der Waals surface area contributed by atoms with E-state index in [9.17, 15) is 0 Å². The van der Waals surface area contributed by atoms with Crippen LogP contribution in [0.1, 0.15) is 23.7 Å². The third-order valence-corrected chi connectivity index (χ3v) is 2.82. The predicted octanol–water partition coefficient (Wildman–Crippen LogP) is 3.71. The van der Waals surface area contributed by atoms with E-state index in [2.05, 4.69) is 4.98 Å². The third-order valence-electron chi connectivity index (χ3n) is 2.82. The standard InChI is InChI=1S/C16H17NO2/c1-3-6-13-7-4-5-8-15(13)19-16-10-9-14(11-18)12(2)17-16/h3-10,18H,11H2,1-2H3/b6-3+. The number of rotatable bonds is 4. The third kappa shape index (κ3) is 3.20. The van der Waals surface area contributed by atoms with E-state index in [0.717, 1.165) is 22.6 Å². The van der Waals surface area contributed by atoms with Gasteiger partial charge in [0.15, 0.2) is 0 Å². The fourth-order valence-electron chi connectivity index (χ4n) is 1.79. The zero-order valence-corrected chi connectivity index (χ0v) is 11.1. The lowest BCUT2D eigenvalue weighted by molar-refractivity contribution is 0.280. The molecule has 0 unspecified atom stereocenters. The molecule has 19 heavy (non-hydrogen) atoms. The Balaban J connectivity index is 2.28. The second kappa shape index (κ2) is 6.16. The van der Waals surface area contributed by atoms with Gasteiger partial charge in [-0.3, -0.25) is 0 Å². The molecule has 0 saturated heterocycles. The number of aromatic nitrogens is 1. The van der Waals surface area contributed by atoms with Crippen molar-refractivity contribution in [2.45, 2.75) is 20.5 Å². The lowest BCUT2D eigenvalue weighted by atomic mass is 10.2. The van der Waals surface area contributed by atoms with Crippen molar-refractivity contribution < 1.29 is 9.84 Å². The Labute approximate surface area is 113 Å². The van der Waals surface area contributed by atoms with Crippen LogP contribution in [-0.4, -0.2) is 10.1 Å². The first kappa shape index (κ1) is 13.3. The molecule has 3 nitrogen and oxygen atoms in total. The monoisotopic (exact) mass is 255 g/mol. The number of aryl methyl sites for hydroxylation is 1. The van der Waals surface area contributed by atoms with E-state index in [1.54, 1.807) is 6.07 Å². The molecule has 0 aliphatic carbocycles. The van der Waals surface area contributed by atoms with Crippen molar-refractivity contribution in [3.8, 4) is 11.6 Å². The summed E-state index contributed by atoms with van der Waals surface area (Å²) in [6, 6.07) is 11.4. The maximum Gasteiger partial charge on any atom is 0.219 e. The van der Waals surface area contributed by atoms with Crippen LogP contribution in [0.5, 0.6) is 11.6 Å². The zero-order chi connectivity index (χ0) is 13.7. The Bertz CT molecular complexity index is 591. The van der Waals surface area contributed by atoms with Gasteiger partial charge in [-0.25, -0.2) is 4.98 Å². The first-order chi connectivity index (χ1) is 9.24. The van der Waals surface area contributed by atoms with Gasteiger partial charge in [0.05, 0.1) is 6.61 Å². The molecular formula is C16H17NO2. The van der Waals surface area contributed by atoms with Gasteiger partial charge in [-0.05, 0) is 31.5 Å². The highest BCUT2D eigenvalue weighted by Crippen LogP contribution is 2.25. The molecule has 0 radical (unpaired) electrons. The van der Waals surface area contributed by atoms with Gasteiger partial charge in [0.2, 0.25) is 5.88 Å². The van der Waals surface area contributed by atoms with Crippen molar-refractivity contribution >= 4 is 6.08 Å². The molecule has 2 rings (SSSR count).